The van der Waals surface area contributed by atoms with Crippen LogP contribution in [0.15, 0.2) is 24.3 Å². The molecule has 0 bridgehead atoms. The highest BCUT2D eigenvalue weighted by atomic mass is 32.1. The molecule has 2 nitrogen and oxygen atoms in total. The molecule has 3 heteroatoms. The van der Waals surface area contributed by atoms with Crippen molar-refractivity contribution in [2.24, 2.45) is 17.6 Å². The lowest BCUT2D eigenvalue weighted by Crippen LogP contribution is -2.29. The molecule has 0 aromatic heterocycles. The third-order valence-corrected chi connectivity index (χ3v) is 3.68. The van der Waals surface area contributed by atoms with Crippen LogP contribution in [-0.2, 0) is 0 Å². The van der Waals surface area contributed by atoms with Crippen molar-refractivity contribution in [2.75, 3.05) is 18.0 Å². The average Bonchev–Trinajstić information content (AvgIpc) is 2.38. The van der Waals surface area contributed by atoms with Crippen molar-refractivity contribution >= 4 is 22.9 Å². The maximum atomic E-state index is 5.87. The van der Waals surface area contributed by atoms with Crippen molar-refractivity contribution in [2.45, 2.75) is 40.5 Å². The summed E-state index contributed by atoms with van der Waals surface area (Å²) < 4.78 is 0. The van der Waals surface area contributed by atoms with E-state index in [0.717, 1.165) is 18.7 Å². The average molecular weight is 292 g/mol. The van der Waals surface area contributed by atoms with Gasteiger partial charge in [-0.15, -0.1) is 0 Å². The van der Waals surface area contributed by atoms with Crippen LogP contribution in [0.3, 0.4) is 0 Å². The van der Waals surface area contributed by atoms with Crippen LogP contribution in [0.25, 0.3) is 0 Å². The zero-order chi connectivity index (χ0) is 15.1. The predicted octanol–water partition coefficient (Wildman–Crippen LogP) is 4.22. The summed E-state index contributed by atoms with van der Waals surface area (Å²) in [6, 6.07) is 8.22. The van der Waals surface area contributed by atoms with Crippen LogP contribution >= 0.6 is 12.2 Å². The molecule has 0 saturated heterocycles. The second-order valence-corrected chi connectivity index (χ2v) is 6.67. The van der Waals surface area contributed by atoms with E-state index in [1.54, 1.807) is 0 Å². The number of rotatable bonds is 8. The number of nitrogens with zero attached hydrogens (tertiary/aromatic N) is 1. The zero-order valence-corrected chi connectivity index (χ0v) is 14.0. The number of para-hydroxylation sites is 1. The summed E-state index contributed by atoms with van der Waals surface area (Å²) in [4.78, 5) is 2.92. The largest absolute Gasteiger partial charge is 0.389 e. The molecule has 0 amide bonds. The Morgan fingerprint density at radius 2 is 1.55 bits per heavy atom. The monoisotopic (exact) mass is 292 g/mol. The molecule has 0 radical (unpaired) electrons. The fourth-order valence-electron chi connectivity index (χ4n) is 2.14. The molecule has 0 saturated carbocycles. The first-order chi connectivity index (χ1) is 9.41. The zero-order valence-electron chi connectivity index (χ0n) is 13.2. The molecule has 112 valence electrons. The SMILES string of the molecule is CC(C)CCN(CCC(C)C)c1ccccc1C(N)=S. The van der Waals surface area contributed by atoms with Gasteiger partial charge in [-0.25, -0.2) is 0 Å². The summed E-state index contributed by atoms with van der Waals surface area (Å²) >= 11 is 5.19. The molecule has 0 heterocycles. The third kappa shape index (κ3) is 5.49. The molecule has 1 aromatic carbocycles. The van der Waals surface area contributed by atoms with Gasteiger partial charge in [0.2, 0.25) is 0 Å². The van der Waals surface area contributed by atoms with Gasteiger partial charge in [0.1, 0.15) is 4.99 Å². The van der Waals surface area contributed by atoms with Gasteiger partial charge in [-0.3, -0.25) is 0 Å². The molecule has 0 aliphatic rings. The number of benzene rings is 1. The molecule has 0 atom stereocenters. The fourth-order valence-corrected chi connectivity index (χ4v) is 2.31. The Balaban J connectivity index is 2.93. The maximum Gasteiger partial charge on any atom is 0.106 e. The van der Waals surface area contributed by atoms with Crippen LogP contribution in [0, 0.1) is 11.8 Å². The Morgan fingerprint density at radius 3 is 2.00 bits per heavy atom. The number of hydrogen-bond donors (Lipinski definition) is 1. The number of hydrogen-bond acceptors (Lipinski definition) is 2. The second-order valence-electron chi connectivity index (χ2n) is 6.23. The first-order valence-electron chi connectivity index (χ1n) is 7.55. The maximum absolute atomic E-state index is 5.87. The summed E-state index contributed by atoms with van der Waals surface area (Å²) in [6.45, 7) is 11.2. The van der Waals surface area contributed by atoms with E-state index in [-0.39, 0.29) is 0 Å². The van der Waals surface area contributed by atoms with Gasteiger partial charge in [0.15, 0.2) is 0 Å². The summed E-state index contributed by atoms with van der Waals surface area (Å²) in [6.07, 6.45) is 2.37. The summed E-state index contributed by atoms with van der Waals surface area (Å²) in [5, 5.41) is 0. The summed E-state index contributed by atoms with van der Waals surface area (Å²) in [5.41, 5.74) is 8.05. The summed E-state index contributed by atoms with van der Waals surface area (Å²) in [5.74, 6) is 1.40. The van der Waals surface area contributed by atoms with Gasteiger partial charge in [0, 0.05) is 24.3 Å². The van der Waals surface area contributed by atoms with E-state index < -0.39 is 0 Å². The Hall–Kier alpha value is -1.09. The second kappa shape index (κ2) is 8.25. The molecular formula is C17H28N2S. The predicted molar refractivity (Wildman–Crippen MR) is 93.5 cm³/mol. The molecule has 0 aliphatic carbocycles. The van der Waals surface area contributed by atoms with Crippen LogP contribution in [0.5, 0.6) is 0 Å². The lowest BCUT2D eigenvalue weighted by Gasteiger charge is -2.28. The van der Waals surface area contributed by atoms with Crippen LogP contribution in [0.1, 0.15) is 46.1 Å². The highest BCUT2D eigenvalue weighted by molar-refractivity contribution is 7.80. The van der Waals surface area contributed by atoms with E-state index >= 15 is 0 Å². The normalized spacial score (nSPS) is 11.1. The van der Waals surface area contributed by atoms with Gasteiger partial charge in [0.25, 0.3) is 0 Å². The van der Waals surface area contributed by atoms with Gasteiger partial charge in [-0.05, 0) is 36.8 Å². The van der Waals surface area contributed by atoms with Crippen molar-refractivity contribution in [1.82, 2.24) is 0 Å². The molecule has 20 heavy (non-hydrogen) atoms. The van der Waals surface area contributed by atoms with Crippen LogP contribution in [-0.4, -0.2) is 18.1 Å². The highest BCUT2D eigenvalue weighted by Crippen LogP contribution is 2.22. The molecule has 0 spiro atoms. The number of thiocarbonyl (C=S) groups is 1. The number of nitrogens with two attached hydrogens (primary N) is 1. The Bertz CT molecular complexity index is 415. The van der Waals surface area contributed by atoms with E-state index in [0.29, 0.717) is 16.8 Å². The van der Waals surface area contributed by atoms with Gasteiger partial charge >= 0.3 is 0 Å². The number of anilines is 1. The van der Waals surface area contributed by atoms with Crippen LogP contribution in [0.2, 0.25) is 0 Å². The molecule has 0 aliphatic heterocycles. The van der Waals surface area contributed by atoms with Crippen molar-refractivity contribution in [3.05, 3.63) is 29.8 Å². The van der Waals surface area contributed by atoms with E-state index in [4.69, 9.17) is 18.0 Å². The first-order valence-corrected chi connectivity index (χ1v) is 7.96. The highest BCUT2D eigenvalue weighted by Gasteiger charge is 2.13. The van der Waals surface area contributed by atoms with E-state index in [2.05, 4.69) is 44.7 Å². The van der Waals surface area contributed by atoms with Crippen molar-refractivity contribution < 1.29 is 0 Å². The Kier molecular flexibility index (Phi) is 7.00. The minimum atomic E-state index is 0.486. The van der Waals surface area contributed by atoms with Crippen molar-refractivity contribution in [1.29, 1.82) is 0 Å². The van der Waals surface area contributed by atoms with Crippen LogP contribution < -0.4 is 10.6 Å². The van der Waals surface area contributed by atoms with E-state index in [9.17, 15) is 0 Å². The van der Waals surface area contributed by atoms with E-state index in [1.807, 2.05) is 12.1 Å². The topological polar surface area (TPSA) is 29.3 Å². The minimum absolute atomic E-state index is 0.486. The van der Waals surface area contributed by atoms with Crippen LogP contribution in [0.4, 0.5) is 5.69 Å². The van der Waals surface area contributed by atoms with Crippen molar-refractivity contribution in [3.8, 4) is 0 Å². The lowest BCUT2D eigenvalue weighted by atomic mass is 10.1. The first kappa shape index (κ1) is 17.0. The molecule has 0 fully saturated rings. The molecule has 1 aromatic rings. The standard InChI is InChI=1S/C17H28N2S/c1-13(2)9-11-19(12-10-14(3)4)16-8-6-5-7-15(16)17(18)20/h5-8,13-14H,9-12H2,1-4H3,(H2,18,20). The summed E-state index contributed by atoms with van der Waals surface area (Å²) in [7, 11) is 0. The quantitative estimate of drug-likeness (QED) is 0.727. The van der Waals surface area contributed by atoms with Gasteiger partial charge in [-0.1, -0.05) is 52.0 Å². The minimum Gasteiger partial charge on any atom is -0.389 e. The Morgan fingerprint density at radius 1 is 1.05 bits per heavy atom. The Labute approximate surface area is 129 Å². The third-order valence-electron chi connectivity index (χ3n) is 3.46. The van der Waals surface area contributed by atoms with Gasteiger partial charge in [-0.2, -0.15) is 0 Å². The molecule has 1 rings (SSSR count). The molecule has 2 N–H and O–H groups in total. The fraction of sp³-hybridized carbons (Fsp3) is 0.588. The van der Waals surface area contributed by atoms with E-state index in [1.165, 1.54) is 18.5 Å². The van der Waals surface area contributed by atoms with Gasteiger partial charge < -0.3 is 10.6 Å². The van der Waals surface area contributed by atoms with Gasteiger partial charge in [0.05, 0.1) is 0 Å². The smallest absolute Gasteiger partial charge is 0.106 e. The van der Waals surface area contributed by atoms with Crippen molar-refractivity contribution in [3.63, 3.8) is 0 Å². The molecule has 0 unspecified atom stereocenters. The molecular weight excluding hydrogens is 264 g/mol. The lowest BCUT2D eigenvalue weighted by molar-refractivity contribution is 0.535.